The Bertz CT molecular complexity index is 929. The number of ether oxygens (including phenoxy) is 1. The molecule has 3 aromatic rings. The Hall–Kier alpha value is -3.74. The maximum absolute atomic E-state index is 12.2. The summed E-state index contributed by atoms with van der Waals surface area (Å²) in [5, 5.41) is 11.8. The number of aromatic nitrogens is 2. The lowest BCUT2D eigenvalue weighted by molar-refractivity contribution is -0.115. The highest BCUT2D eigenvalue weighted by molar-refractivity contribution is 5.93. The van der Waals surface area contributed by atoms with Gasteiger partial charge in [0.05, 0.1) is 18.2 Å². The van der Waals surface area contributed by atoms with Crippen LogP contribution in [-0.4, -0.2) is 27.0 Å². The van der Waals surface area contributed by atoms with E-state index in [-0.39, 0.29) is 17.9 Å². The number of benzene rings is 2. The minimum atomic E-state index is -1.03. The van der Waals surface area contributed by atoms with E-state index in [0.717, 1.165) is 0 Å². The van der Waals surface area contributed by atoms with Crippen LogP contribution >= 0.6 is 0 Å². The molecule has 0 saturated heterocycles. The molecule has 130 valence electrons. The molecule has 0 atom stereocenters. The molecule has 0 aliphatic heterocycles. The van der Waals surface area contributed by atoms with Crippen LogP contribution in [0.1, 0.15) is 15.9 Å². The summed E-state index contributed by atoms with van der Waals surface area (Å²) in [4.78, 5) is 31.1. The molecule has 7 nitrogen and oxygen atoms in total. The van der Waals surface area contributed by atoms with Crippen molar-refractivity contribution in [3.8, 4) is 11.6 Å². The zero-order chi connectivity index (χ0) is 18.4. The third kappa shape index (κ3) is 4.64. The number of rotatable bonds is 6. The molecule has 0 unspecified atom stereocenters. The largest absolute Gasteiger partial charge is 0.478 e. The first-order valence-electron chi connectivity index (χ1n) is 7.76. The first-order valence-corrected chi connectivity index (χ1v) is 7.76. The summed E-state index contributed by atoms with van der Waals surface area (Å²) in [7, 11) is 0. The van der Waals surface area contributed by atoms with Gasteiger partial charge >= 0.3 is 5.97 Å². The van der Waals surface area contributed by atoms with E-state index in [9.17, 15) is 9.59 Å². The van der Waals surface area contributed by atoms with Gasteiger partial charge in [-0.25, -0.2) is 9.78 Å². The van der Waals surface area contributed by atoms with Crippen LogP contribution in [0.3, 0.4) is 0 Å². The number of nitrogens with zero attached hydrogens (tertiary/aromatic N) is 2. The highest BCUT2D eigenvalue weighted by Gasteiger charge is 2.08. The monoisotopic (exact) mass is 349 g/mol. The van der Waals surface area contributed by atoms with Crippen molar-refractivity contribution in [2.45, 2.75) is 6.42 Å². The molecule has 0 saturated carbocycles. The molecule has 0 bridgehead atoms. The third-order valence-corrected chi connectivity index (χ3v) is 3.42. The smallest absolute Gasteiger partial charge is 0.335 e. The highest BCUT2D eigenvalue weighted by atomic mass is 16.5. The molecule has 1 heterocycles. The average Bonchev–Trinajstić information content (AvgIpc) is 2.63. The van der Waals surface area contributed by atoms with E-state index in [4.69, 9.17) is 9.84 Å². The molecule has 0 aliphatic rings. The van der Waals surface area contributed by atoms with Crippen LogP contribution < -0.4 is 10.1 Å². The van der Waals surface area contributed by atoms with E-state index in [2.05, 4.69) is 15.3 Å². The fourth-order valence-electron chi connectivity index (χ4n) is 2.30. The normalized spacial score (nSPS) is 10.2. The predicted octanol–water partition coefficient (Wildman–Crippen LogP) is 3.15. The van der Waals surface area contributed by atoms with Gasteiger partial charge in [-0.1, -0.05) is 18.2 Å². The molecule has 2 N–H and O–H groups in total. The standard InChI is InChI=1S/C19H15N3O4/c23-17(10-13-3-1-4-14(9-13)19(24)25)22-15-5-2-6-16(11-15)26-18-12-20-7-8-21-18/h1-9,11-12H,10H2,(H,22,23)(H,24,25). The van der Waals surface area contributed by atoms with Crippen LogP contribution in [-0.2, 0) is 11.2 Å². The fraction of sp³-hybridized carbons (Fsp3) is 0.0526. The number of nitrogens with one attached hydrogen (secondary N) is 1. The van der Waals surface area contributed by atoms with E-state index in [1.165, 1.54) is 24.5 Å². The summed E-state index contributed by atoms with van der Waals surface area (Å²) >= 11 is 0. The van der Waals surface area contributed by atoms with E-state index >= 15 is 0 Å². The summed E-state index contributed by atoms with van der Waals surface area (Å²) in [5.74, 6) is -0.428. The van der Waals surface area contributed by atoms with E-state index in [1.54, 1.807) is 42.6 Å². The Morgan fingerprint density at radius 1 is 1.08 bits per heavy atom. The first kappa shape index (κ1) is 17.1. The van der Waals surface area contributed by atoms with Gasteiger partial charge in [-0.15, -0.1) is 0 Å². The van der Waals surface area contributed by atoms with Crippen molar-refractivity contribution < 1.29 is 19.4 Å². The summed E-state index contributed by atoms with van der Waals surface area (Å²) in [6, 6.07) is 13.2. The van der Waals surface area contributed by atoms with Gasteiger partial charge in [-0.2, -0.15) is 0 Å². The summed E-state index contributed by atoms with van der Waals surface area (Å²) < 4.78 is 5.57. The number of anilines is 1. The molecular weight excluding hydrogens is 334 g/mol. The molecule has 2 aromatic carbocycles. The number of carboxylic acid groups (broad SMARTS) is 1. The first-order chi connectivity index (χ1) is 12.6. The van der Waals surface area contributed by atoms with E-state index in [0.29, 0.717) is 22.9 Å². The number of aromatic carboxylic acids is 1. The van der Waals surface area contributed by atoms with Gasteiger partial charge in [-0.05, 0) is 29.8 Å². The van der Waals surface area contributed by atoms with Gasteiger partial charge in [0.15, 0.2) is 0 Å². The number of carboxylic acids is 1. The van der Waals surface area contributed by atoms with Gasteiger partial charge in [-0.3, -0.25) is 9.78 Å². The number of amides is 1. The second-order valence-electron chi connectivity index (χ2n) is 5.40. The van der Waals surface area contributed by atoms with Crippen molar-refractivity contribution in [1.29, 1.82) is 0 Å². The van der Waals surface area contributed by atoms with Crippen molar-refractivity contribution >= 4 is 17.6 Å². The van der Waals surface area contributed by atoms with Crippen LogP contribution in [0, 0.1) is 0 Å². The van der Waals surface area contributed by atoms with Crippen LogP contribution in [0.4, 0.5) is 5.69 Å². The molecule has 1 amide bonds. The zero-order valence-corrected chi connectivity index (χ0v) is 13.6. The Morgan fingerprint density at radius 2 is 1.92 bits per heavy atom. The van der Waals surface area contributed by atoms with Gasteiger partial charge in [0.25, 0.3) is 0 Å². The highest BCUT2D eigenvalue weighted by Crippen LogP contribution is 2.22. The Labute approximate surface area is 149 Å². The third-order valence-electron chi connectivity index (χ3n) is 3.42. The Kier molecular flexibility index (Phi) is 5.19. The van der Waals surface area contributed by atoms with Crippen LogP contribution in [0.2, 0.25) is 0 Å². The topological polar surface area (TPSA) is 101 Å². The molecule has 0 spiro atoms. The molecule has 7 heteroatoms. The number of carbonyl (C=O) groups is 2. The number of carbonyl (C=O) groups excluding carboxylic acids is 1. The van der Waals surface area contributed by atoms with Crippen molar-refractivity contribution in [3.63, 3.8) is 0 Å². The SMILES string of the molecule is O=C(Cc1cccc(C(=O)O)c1)Nc1cccc(Oc2cnccn2)c1. The van der Waals surface area contributed by atoms with Crippen molar-refractivity contribution in [2.24, 2.45) is 0 Å². The molecule has 0 fully saturated rings. The fourth-order valence-corrected chi connectivity index (χ4v) is 2.30. The van der Waals surface area contributed by atoms with E-state index in [1.807, 2.05) is 0 Å². The van der Waals surface area contributed by atoms with Gasteiger partial charge < -0.3 is 15.2 Å². The summed E-state index contributed by atoms with van der Waals surface area (Å²) in [5.41, 5.74) is 1.33. The lowest BCUT2D eigenvalue weighted by Crippen LogP contribution is -2.14. The Balaban J connectivity index is 1.65. The second-order valence-corrected chi connectivity index (χ2v) is 5.40. The molecule has 26 heavy (non-hydrogen) atoms. The molecule has 0 aliphatic carbocycles. The van der Waals surface area contributed by atoms with Gasteiger partial charge in [0.1, 0.15) is 5.75 Å². The van der Waals surface area contributed by atoms with Crippen LogP contribution in [0.5, 0.6) is 11.6 Å². The minimum absolute atomic E-state index is 0.0658. The molecule has 0 radical (unpaired) electrons. The average molecular weight is 349 g/mol. The van der Waals surface area contributed by atoms with Gasteiger partial charge in [0, 0.05) is 24.1 Å². The zero-order valence-electron chi connectivity index (χ0n) is 13.6. The summed E-state index contributed by atoms with van der Waals surface area (Å²) in [6.07, 6.45) is 4.62. The lowest BCUT2D eigenvalue weighted by Gasteiger charge is -2.08. The number of hydrogen-bond donors (Lipinski definition) is 2. The van der Waals surface area contributed by atoms with Gasteiger partial charge in [0.2, 0.25) is 11.8 Å². The quantitative estimate of drug-likeness (QED) is 0.709. The lowest BCUT2D eigenvalue weighted by atomic mass is 10.1. The van der Waals surface area contributed by atoms with E-state index < -0.39 is 5.97 Å². The maximum atomic E-state index is 12.2. The van der Waals surface area contributed by atoms with Crippen molar-refractivity contribution in [1.82, 2.24) is 9.97 Å². The maximum Gasteiger partial charge on any atom is 0.335 e. The predicted molar refractivity (Wildman–Crippen MR) is 94.3 cm³/mol. The van der Waals surface area contributed by atoms with Crippen molar-refractivity contribution in [3.05, 3.63) is 78.2 Å². The van der Waals surface area contributed by atoms with Crippen LogP contribution in [0.25, 0.3) is 0 Å². The Morgan fingerprint density at radius 3 is 2.69 bits per heavy atom. The molecule has 1 aromatic heterocycles. The molecule has 3 rings (SSSR count). The minimum Gasteiger partial charge on any atom is -0.478 e. The molecular formula is C19H15N3O4. The second kappa shape index (κ2) is 7.89. The summed E-state index contributed by atoms with van der Waals surface area (Å²) in [6.45, 7) is 0. The van der Waals surface area contributed by atoms with Crippen LogP contribution in [0.15, 0.2) is 67.1 Å². The van der Waals surface area contributed by atoms with Crippen molar-refractivity contribution in [2.75, 3.05) is 5.32 Å². The number of hydrogen-bond acceptors (Lipinski definition) is 5.